The highest BCUT2D eigenvalue weighted by Gasteiger charge is 2.21. The number of carbonyl (C=O) groups is 1. The Morgan fingerprint density at radius 3 is 3.05 bits per heavy atom. The number of hydrogen-bond acceptors (Lipinski definition) is 4. The Kier molecular flexibility index (Phi) is 4.98. The Bertz CT molecular complexity index is 683. The predicted molar refractivity (Wildman–Crippen MR) is 89.7 cm³/mol. The lowest BCUT2D eigenvalue weighted by Gasteiger charge is -2.06. The van der Waals surface area contributed by atoms with Crippen LogP contribution in [0.15, 0.2) is 23.6 Å². The zero-order chi connectivity index (χ0) is 15.5. The van der Waals surface area contributed by atoms with Gasteiger partial charge < -0.3 is 10.6 Å². The molecule has 4 nitrogen and oxygen atoms in total. The van der Waals surface area contributed by atoms with Crippen LogP contribution in [0.1, 0.15) is 39.9 Å². The summed E-state index contributed by atoms with van der Waals surface area (Å²) in [6.45, 7) is 1.37. The van der Waals surface area contributed by atoms with Gasteiger partial charge in [-0.1, -0.05) is 29.3 Å². The van der Waals surface area contributed by atoms with Gasteiger partial charge in [0.25, 0.3) is 5.91 Å². The maximum Gasteiger partial charge on any atom is 0.271 e. The van der Waals surface area contributed by atoms with E-state index in [-0.39, 0.29) is 11.9 Å². The van der Waals surface area contributed by atoms with Crippen LogP contribution in [0, 0.1) is 0 Å². The minimum atomic E-state index is -0.188. The fourth-order valence-corrected chi connectivity index (χ4v) is 3.76. The quantitative estimate of drug-likeness (QED) is 0.876. The number of amides is 1. The molecule has 0 radical (unpaired) electrons. The van der Waals surface area contributed by atoms with Crippen molar-refractivity contribution in [2.75, 3.05) is 6.54 Å². The standard InChI is InChI=1S/C15H15Cl2N3OS/c16-10-4-3-9(11(17)6-10)7-19-14(21)13-8-22-15(20-13)12-2-1-5-18-12/h3-4,6,8,12,18H,1-2,5,7H2,(H,19,21). The van der Waals surface area contributed by atoms with Crippen LogP contribution in [-0.2, 0) is 6.54 Å². The summed E-state index contributed by atoms with van der Waals surface area (Å²) in [6, 6.07) is 5.51. The fraction of sp³-hybridized carbons (Fsp3) is 0.333. The third kappa shape index (κ3) is 3.60. The van der Waals surface area contributed by atoms with E-state index in [1.165, 1.54) is 11.3 Å². The summed E-state index contributed by atoms with van der Waals surface area (Å²) >= 11 is 13.5. The SMILES string of the molecule is O=C(NCc1ccc(Cl)cc1Cl)c1csc(C2CCCN2)n1. The molecule has 7 heteroatoms. The Labute approximate surface area is 142 Å². The third-order valence-corrected chi connectivity index (χ3v) is 5.11. The lowest BCUT2D eigenvalue weighted by Crippen LogP contribution is -2.23. The first-order valence-corrected chi connectivity index (χ1v) is 8.68. The molecule has 1 amide bonds. The molecule has 3 rings (SSSR count). The van der Waals surface area contributed by atoms with E-state index in [4.69, 9.17) is 23.2 Å². The predicted octanol–water partition coefficient (Wildman–Crippen LogP) is 3.80. The van der Waals surface area contributed by atoms with Crippen LogP contribution < -0.4 is 10.6 Å². The summed E-state index contributed by atoms with van der Waals surface area (Å²) in [6.07, 6.45) is 2.23. The number of hydrogen-bond donors (Lipinski definition) is 2. The van der Waals surface area contributed by atoms with Crippen LogP contribution in [0.3, 0.4) is 0 Å². The molecule has 1 atom stereocenters. The van der Waals surface area contributed by atoms with E-state index in [0.717, 1.165) is 30.0 Å². The first-order chi connectivity index (χ1) is 10.6. The van der Waals surface area contributed by atoms with Gasteiger partial charge in [0, 0.05) is 22.0 Å². The number of carbonyl (C=O) groups excluding carboxylic acids is 1. The molecule has 1 aliphatic heterocycles. The van der Waals surface area contributed by atoms with Crippen molar-refractivity contribution in [3.05, 3.63) is 49.9 Å². The van der Waals surface area contributed by atoms with E-state index in [2.05, 4.69) is 15.6 Å². The molecule has 22 heavy (non-hydrogen) atoms. The van der Waals surface area contributed by atoms with E-state index in [9.17, 15) is 4.79 Å². The number of rotatable bonds is 4. The van der Waals surface area contributed by atoms with Gasteiger partial charge in [-0.05, 0) is 37.1 Å². The van der Waals surface area contributed by atoms with Crippen molar-refractivity contribution < 1.29 is 4.79 Å². The number of halogens is 2. The van der Waals surface area contributed by atoms with Gasteiger partial charge in [0.05, 0.1) is 6.04 Å². The molecule has 0 saturated carbocycles. The molecular weight excluding hydrogens is 341 g/mol. The topological polar surface area (TPSA) is 54.0 Å². The molecule has 2 heterocycles. The van der Waals surface area contributed by atoms with E-state index in [0.29, 0.717) is 22.3 Å². The van der Waals surface area contributed by atoms with Crippen molar-refractivity contribution in [2.24, 2.45) is 0 Å². The molecule has 0 aliphatic carbocycles. The minimum absolute atomic E-state index is 0.188. The van der Waals surface area contributed by atoms with Crippen molar-refractivity contribution >= 4 is 40.4 Å². The molecule has 1 unspecified atom stereocenters. The van der Waals surface area contributed by atoms with Gasteiger partial charge in [0.15, 0.2) is 0 Å². The van der Waals surface area contributed by atoms with Gasteiger partial charge in [0.2, 0.25) is 0 Å². The largest absolute Gasteiger partial charge is 0.347 e. The number of benzene rings is 1. The Hall–Kier alpha value is -1.14. The van der Waals surface area contributed by atoms with Gasteiger partial charge >= 0.3 is 0 Å². The monoisotopic (exact) mass is 355 g/mol. The third-order valence-electron chi connectivity index (χ3n) is 3.57. The van der Waals surface area contributed by atoms with Gasteiger partial charge in [-0.2, -0.15) is 0 Å². The van der Waals surface area contributed by atoms with E-state index < -0.39 is 0 Å². The zero-order valence-corrected chi connectivity index (χ0v) is 14.1. The average Bonchev–Trinajstić information content (AvgIpc) is 3.17. The molecule has 1 aromatic heterocycles. The number of nitrogens with one attached hydrogen (secondary N) is 2. The fourth-order valence-electron chi connectivity index (χ4n) is 2.38. The smallest absolute Gasteiger partial charge is 0.271 e. The van der Waals surface area contributed by atoms with Gasteiger partial charge in [-0.25, -0.2) is 4.98 Å². The van der Waals surface area contributed by atoms with Gasteiger partial charge in [-0.15, -0.1) is 11.3 Å². The highest BCUT2D eigenvalue weighted by molar-refractivity contribution is 7.09. The maximum atomic E-state index is 12.2. The van der Waals surface area contributed by atoms with Crippen molar-refractivity contribution in [2.45, 2.75) is 25.4 Å². The average molecular weight is 356 g/mol. The summed E-state index contributed by atoms with van der Waals surface area (Å²) in [5.41, 5.74) is 1.28. The first-order valence-electron chi connectivity index (χ1n) is 7.04. The second-order valence-electron chi connectivity index (χ2n) is 5.14. The van der Waals surface area contributed by atoms with E-state index in [1.54, 1.807) is 23.6 Å². The summed E-state index contributed by atoms with van der Waals surface area (Å²) < 4.78 is 0. The van der Waals surface area contributed by atoms with Crippen molar-refractivity contribution in [3.63, 3.8) is 0 Å². The highest BCUT2D eigenvalue weighted by Crippen LogP contribution is 2.26. The van der Waals surface area contributed by atoms with E-state index >= 15 is 0 Å². The summed E-state index contributed by atoms with van der Waals surface area (Å²) in [7, 11) is 0. The van der Waals surface area contributed by atoms with Crippen LogP contribution in [0.5, 0.6) is 0 Å². The maximum absolute atomic E-state index is 12.2. The number of nitrogens with zero attached hydrogens (tertiary/aromatic N) is 1. The lowest BCUT2D eigenvalue weighted by atomic mass is 10.2. The molecule has 0 bridgehead atoms. The Balaban J connectivity index is 1.62. The molecule has 1 aliphatic rings. The van der Waals surface area contributed by atoms with Gasteiger partial charge in [0.1, 0.15) is 10.7 Å². The molecule has 1 saturated heterocycles. The summed E-state index contributed by atoms with van der Waals surface area (Å²) in [5, 5.41) is 10.1. The molecule has 0 spiro atoms. The van der Waals surface area contributed by atoms with Crippen LogP contribution in [-0.4, -0.2) is 17.4 Å². The lowest BCUT2D eigenvalue weighted by molar-refractivity contribution is 0.0946. The van der Waals surface area contributed by atoms with E-state index in [1.807, 2.05) is 0 Å². The second-order valence-corrected chi connectivity index (χ2v) is 6.87. The van der Waals surface area contributed by atoms with Crippen LogP contribution in [0.25, 0.3) is 0 Å². The Morgan fingerprint density at radius 1 is 1.45 bits per heavy atom. The van der Waals surface area contributed by atoms with Crippen LogP contribution >= 0.6 is 34.5 Å². The van der Waals surface area contributed by atoms with Crippen molar-refractivity contribution in [3.8, 4) is 0 Å². The molecule has 2 aromatic rings. The number of thiazole rings is 1. The minimum Gasteiger partial charge on any atom is -0.347 e. The van der Waals surface area contributed by atoms with Crippen molar-refractivity contribution in [1.29, 1.82) is 0 Å². The highest BCUT2D eigenvalue weighted by atomic mass is 35.5. The van der Waals surface area contributed by atoms with Crippen molar-refractivity contribution in [1.82, 2.24) is 15.6 Å². The molecule has 116 valence electrons. The van der Waals surface area contributed by atoms with Crippen LogP contribution in [0.4, 0.5) is 0 Å². The molecule has 1 aromatic carbocycles. The summed E-state index contributed by atoms with van der Waals surface area (Å²) in [5.74, 6) is -0.188. The summed E-state index contributed by atoms with van der Waals surface area (Å²) in [4.78, 5) is 16.6. The molecule has 1 fully saturated rings. The second kappa shape index (κ2) is 6.96. The normalized spacial score (nSPS) is 17.6. The van der Waals surface area contributed by atoms with Gasteiger partial charge in [-0.3, -0.25) is 4.79 Å². The first kappa shape index (κ1) is 15.7. The zero-order valence-electron chi connectivity index (χ0n) is 11.7. The number of aromatic nitrogens is 1. The Morgan fingerprint density at radius 2 is 2.32 bits per heavy atom. The van der Waals surface area contributed by atoms with Crippen LogP contribution in [0.2, 0.25) is 10.0 Å². The molecular formula is C15H15Cl2N3OS. The molecule has 2 N–H and O–H groups in total.